The van der Waals surface area contributed by atoms with Crippen LogP contribution in [-0.4, -0.2) is 31.5 Å². The molecular formula is C14H18N4O3S. The largest absolute Gasteiger partial charge is 0.443 e. The number of aromatic nitrogens is 3. The highest BCUT2D eigenvalue weighted by atomic mass is 32.1. The molecule has 0 atom stereocenters. The molecule has 0 bridgehead atoms. The number of carbonyl (C=O) groups is 2. The molecule has 0 unspecified atom stereocenters. The van der Waals surface area contributed by atoms with Gasteiger partial charge in [-0.05, 0) is 51.4 Å². The summed E-state index contributed by atoms with van der Waals surface area (Å²) in [6.45, 7) is 8.51. The van der Waals surface area contributed by atoms with E-state index in [0.717, 1.165) is 0 Å². The predicted molar refractivity (Wildman–Crippen MR) is 83.7 cm³/mol. The van der Waals surface area contributed by atoms with Gasteiger partial charge in [0.1, 0.15) is 22.8 Å². The molecule has 0 fully saturated rings. The summed E-state index contributed by atoms with van der Waals surface area (Å²) in [6, 6.07) is 3.35. The van der Waals surface area contributed by atoms with E-state index in [2.05, 4.69) is 14.8 Å². The predicted octanol–water partition coefficient (Wildman–Crippen LogP) is 3.00. The van der Waals surface area contributed by atoms with Crippen LogP contribution in [0, 0.1) is 6.92 Å². The Bertz CT molecular complexity index is 712. The van der Waals surface area contributed by atoms with E-state index in [4.69, 9.17) is 4.74 Å². The second-order valence-electron chi connectivity index (χ2n) is 5.76. The number of Topliss-reactive ketones (excluding diaryl/α,β-unsaturated/α-hetero) is 1. The van der Waals surface area contributed by atoms with Crippen LogP contribution in [0.25, 0.3) is 10.7 Å². The van der Waals surface area contributed by atoms with E-state index in [-0.39, 0.29) is 5.78 Å². The molecule has 2 rings (SSSR count). The lowest BCUT2D eigenvalue weighted by Crippen LogP contribution is -2.33. The van der Waals surface area contributed by atoms with Gasteiger partial charge >= 0.3 is 6.09 Å². The zero-order valence-corrected chi connectivity index (χ0v) is 13.9. The first-order valence-electron chi connectivity index (χ1n) is 6.71. The highest BCUT2D eigenvalue weighted by Gasteiger charge is 2.21. The zero-order valence-electron chi connectivity index (χ0n) is 13.1. The maximum absolute atomic E-state index is 12.0. The molecule has 2 heterocycles. The summed E-state index contributed by atoms with van der Waals surface area (Å²) >= 11 is 1.20. The number of amides is 1. The average Bonchev–Trinajstić information content (AvgIpc) is 2.92. The molecule has 0 saturated heterocycles. The summed E-state index contributed by atoms with van der Waals surface area (Å²) in [7, 11) is 0. The van der Waals surface area contributed by atoms with E-state index in [1.807, 2.05) is 0 Å². The van der Waals surface area contributed by atoms with Crippen molar-refractivity contribution in [3.8, 4) is 10.7 Å². The van der Waals surface area contributed by atoms with Gasteiger partial charge in [-0.3, -0.25) is 4.79 Å². The highest BCUT2D eigenvalue weighted by molar-refractivity contribution is 7.09. The molecular weight excluding hydrogens is 304 g/mol. The number of ether oxygens (including phenoxy) is 1. The second kappa shape index (κ2) is 5.88. The highest BCUT2D eigenvalue weighted by Crippen LogP contribution is 2.24. The minimum Gasteiger partial charge on any atom is -0.443 e. The molecule has 0 radical (unpaired) electrons. The number of nitrogens with one attached hydrogen (secondary N) is 1. The Balaban J connectivity index is 2.37. The van der Waals surface area contributed by atoms with Crippen LogP contribution < -0.4 is 5.43 Å². The van der Waals surface area contributed by atoms with Gasteiger partial charge in [0, 0.05) is 6.92 Å². The fourth-order valence-electron chi connectivity index (χ4n) is 1.79. The van der Waals surface area contributed by atoms with Gasteiger partial charge in [-0.15, -0.1) is 0 Å². The molecule has 0 saturated carbocycles. The van der Waals surface area contributed by atoms with Crippen molar-refractivity contribution in [3.05, 3.63) is 23.7 Å². The molecule has 0 aromatic carbocycles. The van der Waals surface area contributed by atoms with Crippen molar-refractivity contribution in [2.24, 2.45) is 0 Å². The Morgan fingerprint density at radius 2 is 2.00 bits per heavy atom. The fraction of sp³-hybridized carbons (Fsp3) is 0.429. The van der Waals surface area contributed by atoms with Gasteiger partial charge in [0.15, 0.2) is 10.8 Å². The molecule has 8 heteroatoms. The first-order chi connectivity index (χ1) is 10.2. The third kappa shape index (κ3) is 3.70. The van der Waals surface area contributed by atoms with Crippen molar-refractivity contribution in [3.63, 3.8) is 0 Å². The first kappa shape index (κ1) is 16.2. The molecule has 2 aromatic heterocycles. The summed E-state index contributed by atoms with van der Waals surface area (Å²) in [5.41, 5.74) is 2.87. The summed E-state index contributed by atoms with van der Waals surface area (Å²) in [6.07, 6.45) is -0.645. The van der Waals surface area contributed by atoms with Gasteiger partial charge in [0.25, 0.3) is 0 Å². The lowest BCUT2D eigenvalue weighted by atomic mass is 10.2. The normalized spacial score (nSPS) is 11.3. The van der Waals surface area contributed by atoms with Crippen molar-refractivity contribution in [1.82, 2.24) is 14.0 Å². The van der Waals surface area contributed by atoms with Gasteiger partial charge < -0.3 is 4.74 Å². The van der Waals surface area contributed by atoms with Crippen molar-refractivity contribution < 1.29 is 14.3 Å². The maximum Gasteiger partial charge on any atom is 0.426 e. The third-order valence-corrected chi connectivity index (χ3v) is 3.42. The Morgan fingerprint density at radius 1 is 1.32 bits per heavy atom. The quantitative estimate of drug-likeness (QED) is 0.878. The van der Waals surface area contributed by atoms with Crippen LogP contribution in [0.5, 0.6) is 0 Å². The SMILES string of the molecule is CC(=O)c1ccc(-c2nc(C)ns2)n1NC(=O)OC(C)(C)C. The van der Waals surface area contributed by atoms with E-state index in [9.17, 15) is 9.59 Å². The van der Waals surface area contributed by atoms with Crippen molar-refractivity contribution in [1.29, 1.82) is 0 Å². The van der Waals surface area contributed by atoms with Crippen LogP contribution in [0.3, 0.4) is 0 Å². The Hall–Kier alpha value is -2.22. The van der Waals surface area contributed by atoms with Crippen LogP contribution in [0.1, 0.15) is 44.0 Å². The van der Waals surface area contributed by atoms with Crippen LogP contribution in [0.2, 0.25) is 0 Å². The topological polar surface area (TPSA) is 86.1 Å². The molecule has 0 aliphatic heterocycles. The smallest absolute Gasteiger partial charge is 0.426 e. The van der Waals surface area contributed by atoms with Crippen molar-refractivity contribution >= 4 is 23.4 Å². The molecule has 7 nitrogen and oxygen atoms in total. The zero-order chi connectivity index (χ0) is 16.5. The Kier molecular flexibility index (Phi) is 4.32. The summed E-state index contributed by atoms with van der Waals surface area (Å²) < 4.78 is 10.7. The Morgan fingerprint density at radius 3 is 2.50 bits per heavy atom. The van der Waals surface area contributed by atoms with E-state index in [1.54, 1.807) is 39.8 Å². The summed E-state index contributed by atoms with van der Waals surface area (Å²) in [5.74, 6) is 0.456. The van der Waals surface area contributed by atoms with Crippen molar-refractivity contribution in [2.75, 3.05) is 5.43 Å². The van der Waals surface area contributed by atoms with Gasteiger partial charge in [-0.25, -0.2) is 19.9 Å². The summed E-state index contributed by atoms with van der Waals surface area (Å²) in [5, 5.41) is 0.612. The number of aryl methyl sites for hydroxylation is 1. The summed E-state index contributed by atoms with van der Waals surface area (Å²) in [4.78, 5) is 28.0. The number of ketones is 1. The monoisotopic (exact) mass is 322 g/mol. The molecule has 0 aliphatic carbocycles. The second-order valence-corrected chi connectivity index (χ2v) is 6.51. The van der Waals surface area contributed by atoms with Gasteiger partial charge in [0.2, 0.25) is 0 Å². The minimum atomic E-state index is -0.645. The number of hydrogen-bond acceptors (Lipinski definition) is 6. The van der Waals surface area contributed by atoms with E-state index < -0.39 is 11.7 Å². The molecule has 22 heavy (non-hydrogen) atoms. The fourth-order valence-corrected chi connectivity index (χ4v) is 2.48. The maximum atomic E-state index is 12.0. The van der Waals surface area contributed by atoms with Crippen molar-refractivity contribution in [2.45, 2.75) is 40.2 Å². The first-order valence-corrected chi connectivity index (χ1v) is 7.48. The minimum absolute atomic E-state index is 0.177. The van der Waals surface area contributed by atoms with E-state index in [0.29, 0.717) is 22.2 Å². The molecule has 1 amide bonds. The molecule has 0 spiro atoms. The standard InChI is InChI=1S/C14H18N4O3S/c1-8(19)10-6-7-11(12-15-9(2)17-22-12)18(10)16-13(20)21-14(3,4)5/h6-7H,1-5H3,(H,16,20). The molecule has 118 valence electrons. The van der Waals surface area contributed by atoms with Gasteiger partial charge in [-0.2, -0.15) is 4.37 Å². The lowest BCUT2D eigenvalue weighted by Gasteiger charge is -2.21. The number of carbonyl (C=O) groups excluding carboxylic acids is 2. The lowest BCUT2D eigenvalue weighted by molar-refractivity contribution is 0.0613. The number of hydrogen-bond donors (Lipinski definition) is 1. The van der Waals surface area contributed by atoms with Crippen LogP contribution in [-0.2, 0) is 4.74 Å². The number of nitrogens with zero attached hydrogens (tertiary/aromatic N) is 3. The molecule has 0 aliphatic rings. The van der Waals surface area contributed by atoms with Gasteiger partial charge in [-0.1, -0.05) is 0 Å². The van der Waals surface area contributed by atoms with E-state index >= 15 is 0 Å². The van der Waals surface area contributed by atoms with E-state index in [1.165, 1.54) is 23.1 Å². The molecule has 2 aromatic rings. The van der Waals surface area contributed by atoms with Crippen LogP contribution in [0.15, 0.2) is 12.1 Å². The van der Waals surface area contributed by atoms with Crippen LogP contribution in [0.4, 0.5) is 4.79 Å². The average molecular weight is 322 g/mol. The van der Waals surface area contributed by atoms with Crippen LogP contribution >= 0.6 is 11.5 Å². The van der Waals surface area contributed by atoms with Gasteiger partial charge in [0.05, 0.1) is 0 Å². The third-order valence-electron chi connectivity index (χ3n) is 2.59. The Labute approximate surface area is 132 Å². The molecule has 1 N–H and O–H groups in total. The number of rotatable bonds is 3.